The molecule has 0 aliphatic carbocycles. The standard InChI is InChI=1S/C33H39N3O6S/c1-4-41-33(38)32-25(3)36(21-26-8-6-5-7-9-26)31-15-12-28(20-30(31)32)42-23-27(37)22-34-16-18-35(19-17-34)43(39,40)29-13-10-24(2)11-14-29/h5-15,20,27,37H,4,16-19,21-23H2,1-3H3. The Hall–Kier alpha value is -3.70. The Bertz CT molecular complexity index is 1660. The number of carbonyl (C=O) groups is 1. The molecule has 1 aromatic heterocycles. The molecule has 1 aliphatic rings. The molecule has 1 saturated heterocycles. The fraction of sp³-hybridized carbons (Fsp3) is 0.364. The van der Waals surface area contributed by atoms with E-state index in [1.54, 1.807) is 31.2 Å². The largest absolute Gasteiger partial charge is 0.491 e. The molecule has 1 fully saturated rings. The zero-order valence-electron chi connectivity index (χ0n) is 24.9. The van der Waals surface area contributed by atoms with E-state index in [0.29, 0.717) is 55.5 Å². The molecule has 1 N–H and O–H groups in total. The van der Waals surface area contributed by atoms with Crippen LogP contribution in [0.25, 0.3) is 10.9 Å². The lowest BCUT2D eigenvalue weighted by molar-refractivity contribution is 0.0526. The summed E-state index contributed by atoms with van der Waals surface area (Å²) in [5.41, 5.74) is 4.36. The topological polar surface area (TPSA) is 101 Å². The summed E-state index contributed by atoms with van der Waals surface area (Å²) in [6, 6.07) is 22.6. The number of aliphatic hydroxyl groups is 1. The van der Waals surface area contributed by atoms with Gasteiger partial charge in [-0.1, -0.05) is 48.0 Å². The highest BCUT2D eigenvalue weighted by atomic mass is 32.2. The van der Waals surface area contributed by atoms with Crippen molar-refractivity contribution >= 4 is 26.9 Å². The third-order valence-electron chi connectivity index (χ3n) is 7.86. The molecular formula is C33H39N3O6S. The molecule has 10 heteroatoms. The third-order valence-corrected chi connectivity index (χ3v) is 9.77. The van der Waals surface area contributed by atoms with E-state index in [9.17, 15) is 18.3 Å². The van der Waals surface area contributed by atoms with E-state index in [1.807, 2.05) is 55.1 Å². The Kier molecular flexibility index (Phi) is 9.51. The predicted molar refractivity (Wildman–Crippen MR) is 166 cm³/mol. The summed E-state index contributed by atoms with van der Waals surface area (Å²) in [7, 11) is -3.54. The molecule has 5 rings (SSSR count). The first-order valence-corrected chi connectivity index (χ1v) is 16.0. The molecule has 1 aliphatic heterocycles. The maximum absolute atomic E-state index is 13.0. The van der Waals surface area contributed by atoms with Gasteiger partial charge < -0.3 is 19.1 Å². The smallest absolute Gasteiger partial charge is 0.340 e. The maximum atomic E-state index is 13.0. The van der Waals surface area contributed by atoms with Crippen LogP contribution in [0.4, 0.5) is 0 Å². The minimum absolute atomic E-state index is 0.0613. The summed E-state index contributed by atoms with van der Waals surface area (Å²) in [4.78, 5) is 15.3. The summed E-state index contributed by atoms with van der Waals surface area (Å²) in [6.45, 7) is 8.70. The number of aryl methyl sites for hydroxylation is 1. The second kappa shape index (κ2) is 13.3. The fourth-order valence-corrected chi connectivity index (χ4v) is 6.96. The van der Waals surface area contributed by atoms with Crippen LogP contribution in [0.3, 0.4) is 0 Å². The van der Waals surface area contributed by atoms with Crippen molar-refractivity contribution in [1.82, 2.24) is 13.8 Å². The second-order valence-corrected chi connectivity index (χ2v) is 12.9. The average molecular weight is 606 g/mol. The van der Waals surface area contributed by atoms with Crippen LogP contribution in [0.15, 0.2) is 77.7 Å². The molecule has 0 radical (unpaired) electrons. The van der Waals surface area contributed by atoms with Crippen molar-refractivity contribution in [3.05, 3.63) is 95.2 Å². The molecule has 43 heavy (non-hydrogen) atoms. The molecule has 228 valence electrons. The van der Waals surface area contributed by atoms with Gasteiger partial charge in [-0.25, -0.2) is 13.2 Å². The lowest BCUT2D eigenvalue weighted by Gasteiger charge is -2.34. The molecule has 4 aromatic rings. The Morgan fingerprint density at radius 3 is 2.33 bits per heavy atom. The number of esters is 1. The van der Waals surface area contributed by atoms with Gasteiger partial charge in [0.15, 0.2) is 0 Å². The number of benzene rings is 3. The van der Waals surface area contributed by atoms with Crippen LogP contribution in [0.5, 0.6) is 5.75 Å². The average Bonchev–Trinajstić information content (AvgIpc) is 3.27. The molecule has 0 spiro atoms. The number of ether oxygens (including phenoxy) is 2. The number of hydrogen-bond acceptors (Lipinski definition) is 7. The first-order chi connectivity index (χ1) is 20.7. The van der Waals surface area contributed by atoms with Crippen LogP contribution >= 0.6 is 0 Å². The second-order valence-electron chi connectivity index (χ2n) is 10.9. The highest BCUT2D eigenvalue weighted by Gasteiger charge is 2.29. The van der Waals surface area contributed by atoms with Gasteiger partial charge in [0, 0.05) is 55.9 Å². The van der Waals surface area contributed by atoms with E-state index < -0.39 is 16.1 Å². The highest BCUT2D eigenvalue weighted by molar-refractivity contribution is 7.89. The molecule has 0 bridgehead atoms. The van der Waals surface area contributed by atoms with Crippen molar-refractivity contribution in [1.29, 1.82) is 0 Å². The quantitative estimate of drug-likeness (QED) is 0.256. The van der Waals surface area contributed by atoms with Crippen molar-refractivity contribution in [3.63, 3.8) is 0 Å². The molecule has 9 nitrogen and oxygen atoms in total. The molecule has 0 amide bonds. The minimum atomic E-state index is -3.54. The van der Waals surface area contributed by atoms with E-state index in [1.165, 1.54) is 4.31 Å². The van der Waals surface area contributed by atoms with Crippen LogP contribution in [-0.2, 0) is 21.3 Å². The zero-order chi connectivity index (χ0) is 30.6. The number of piperazine rings is 1. The summed E-state index contributed by atoms with van der Waals surface area (Å²) in [5.74, 6) is 0.167. The number of aliphatic hydroxyl groups excluding tert-OH is 1. The van der Waals surface area contributed by atoms with Crippen LogP contribution < -0.4 is 4.74 Å². The van der Waals surface area contributed by atoms with E-state index in [0.717, 1.165) is 27.7 Å². The van der Waals surface area contributed by atoms with Gasteiger partial charge in [-0.15, -0.1) is 0 Å². The Morgan fingerprint density at radius 2 is 1.65 bits per heavy atom. The van der Waals surface area contributed by atoms with Crippen LogP contribution in [0.2, 0.25) is 0 Å². The number of rotatable bonds is 11. The van der Waals surface area contributed by atoms with E-state index in [2.05, 4.69) is 16.7 Å². The van der Waals surface area contributed by atoms with Crippen LogP contribution in [0, 0.1) is 13.8 Å². The fourth-order valence-electron chi connectivity index (χ4n) is 5.54. The number of hydrogen-bond donors (Lipinski definition) is 1. The summed E-state index contributed by atoms with van der Waals surface area (Å²) in [5, 5.41) is 11.5. The van der Waals surface area contributed by atoms with Crippen molar-refractivity contribution in [3.8, 4) is 5.75 Å². The van der Waals surface area contributed by atoms with Gasteiger partial charge in [0.05, 0.1) is 17.1 Å². The number of nitrogens with zero attached hydrogens (tertiary/aromatic N) is 3. The highest BCUT2D eigenvalue weighted by Crippen LogP contribution is 2.31. The van der Waals surface area contributed by atoms with Crippen molar-refractivity contribution in [2.45, 2.75) is 38.3 Å². The maximum Gasteiger partial charge on any atom is 0.340 e. The van der Waals surface area contributed by atoms with Crippen molar-refractivity contribution < 1.29 is 27.8 Å². The first kappa shape index (κ1) is 30.7. The first-order valence-electron chi connectivity index (χ1n) is 14.6. The van der Waals surface area contributed by atoms with E-state index in [4.69, 9.17) is 9.47 Å². The number of β-amino-alcohol motifs (C(OH)–C–C–N with tert-alkyl or cyclic N) is 1. The van der Waals surface area contributed by atoms with Crippen LogP contribution in [-0.4, -0.2) is 85.3 Å². The molecule has 2 heterocycles. The SMILES string of the molecule is CCOC(=O)c1c(C)n(Cc2ccccc2)c2ccc(OCC(O)CN3CCN(S(=O)(=O)c4ccc(C)cc4)CC3)cc12. The van der Waals surface area contributed by atoms with Gasteiger partial charge in [-0.05, 0) is 56.7 Å². The molecule has 3 aromatic carbocycles. The zero-order valence-corrected chi connectivity index (χ0v) is 25.7. The number of sulfonamides is 1. The number of carbonyl (C=O) groups excluding carboxylic acids is 1. The number of aromatic nitrogens is 1. The van der Waals surface area contributed by atoms with Crippen molar-refractivity contribution in [2.75, 3.05) is 45.9 Å². The summed E-state index contributed by atoms with van der Waals surface area (Å²) < 4.78 is 41.0. The lowest BCUT2D eigenvalue weighted by atomic mass is 10.1. The summed E-state index contributed by atoms with van der Waals surface area (Å²) in [6.07, 6.45) is -0.773. The Morgan fingerprint density at radius 1 is 0.953 bits per heavy atom. The summed E-state index contributed by atoms with van der Waals surface area (Å²) >= 11 is 0. The van der Waals surface area contributed by atoms with Crippen molar-refractivity contribution in [2.24, 2.45) is 0 Å². The monoisotopic (exact) mass is 605 g/mol. The van der Waals surface area contributed by atoms with Gasteiger partial charge in [0.1, 0.15) is 18.5 Å². The van der Waals surface area contributed by atoms with Crippen LogP contribution in [0.1, 0.15) is 34.1 Å². The minimum Gasteiger partial charge on any atom is -0.491 e. The number of fused-ring (bicyclic) bond motifs is 1. The normalized spacial score (nSPS) is 15.4. The Labute approximate surface area is 253 Å². The third kappa shape index (κ3) is 6.94. The molecule has 1 unspecified atom stereocenters. The lowest BCUT2D eigenvalue weighted by Crippen LogP contribution is -2.50. The molecule has 1 atom stereocenters. The predicted octanol–water partition coefficient (Wildman–Crippen LogP) is 4.23. The Balaban J connectivity index is 1.22. The van der Waals surface area contributed by atoms with Gasteiger partial charge in [0.25, 0.3) is 0 Å². The van der Waals surface area contributed by atoms with Gasteiger partial charge in [0.2, 0.25) is 10.0 Å². The van der Waals surface area contributed by atoms with E-state index >= 15 is 0 Å². The van der Waals surface area contributed by atoms with Gasteiger partial charge in [-0.3, -0.25) is 4.90 Å². The van der Waals surface area contributed by atoms with E-state index in [-0.39, 0.29) is 19.2 Å². The molecular weight excluding hydrogens is 566 g/mol. The van der Waals surface area contributed by atoms with Gasteiger partial charge in [-0.2, -0.15) is 4.31 Å². The van der Waals surface area contributed by atoms with Gasteiger partial charge >= 0.3 is 5.97 Å². The molecule has 0 saturated carbocycles.